The van der Waals surface area contributed by atoms with Gasteiger partial charge in [0.25, 0.3) is 5.91 Å². The Hall–Kier alpha value is -3.82. The number of hydrogen-bond acceptors (Lipinski definition) is 6. The van der Waals surface area contributed by atoms with Crippen molar-refractivity contribution >= 4 is 23.6 Å². The average molecular weight is 509 g/mol. The van der Waals surface area contributed by atoms with Crippen molar-refractivity contribution in [1.82, 2.24) is 5.32 Å². The minimum atomic E-state index is -1.26. The number of dihydropyridines is 1. The van der Waals surface area contributed by atoms with Gasteiger partial charge in [0, 0.05) is 36.7 Å². The molecule has 1 aromatic rings. The number of rotatable bonds is 8. The minimum Gasteiger partial charge on any atom is -0.506 e. The van der Waals surface area contributed by atoms with Gasteiger partial charge >= 0.3 is 11.9 Å². The fourth-order valence-electron chi connectivity index (χ4n) is 4.78. The Labute approximate surface area is 215 Å². The zero-order valence-electron chi connectivity index (χ0n) is 20.8. The summed E-state index contributed by atoms with van der Waals surface area (Å²) in [5, 5.41) is 39.9. The normalized spacial score (nSPS) is 19.3. The van der Waals surface area contributed by atoms with E-state index in [1.165, 1.54) is 34.4 Å². The maximum Gasteiger partial charge on any atom is 0.328 e. The molecule has 37 heavy (non-hydrogen) atoms. The number of aliphatic hydroxyl groups is 2. The van der Waals surface area contributed by atoms with E-state index in [1.54, 1.807) is 12.2 Å². The number of hydrogen-bond donors (Lipinski definition) is 5. The van der Waals surface area contributed by atoms with Crippen molar-refractivity contribution < 1.29 is 34.8 Å². The van der Waals surface area contributed by atoms with E-state index in [0.29, 0.717) is 30.5 Å². The van der Waals surface area contributed by atoms with Crippen LogP contribution in [0.3, 0.4) is 0 Å². The number of fused-ring (bicyclic) bond motifs is 2. The van der Waals surface area contributed by atoms with E-state index in [0.717, 1.165) is 31.3 Å². The third kappa shape index (κ3) is 7.12. The number of nitrogens with one attached hydrogen (secondary N) is 1. The quantitative estimate of drug-likeness (QED) is 0.335. The van der Waals surface area contributed by atoms with Crippen molar-refractivity contribution in [2.24, 2.45) is 10.9 Å². The van der Waals surface area contributed by atoms with Crippen LogP contribution in [0.15, 0.2) is 64.9 Å². The molecule has 0 bridgehead atoms. The van der Waals surface area contributed by atoms with Crippen LogP contribution in [0, 0.1) is 5.92 Å². The average Bonchev–Trinajstić information content (AvgIpc) is 3.27. The van der Waals surface area contributed by atoms with Gasteiger partial charge in [0.1, 0.15) is 5.76 Å². The molecule has 0 saturated carbocycles. The SMILES string of the molecule is CCc1cc2c(cc1CC)CC(NCC(O)C1=CC=C(O)C3=NC(=O)C=CC13)C2.O=C(O)C=CC(=O)O. The van der Waals surface area contributed by atoms with Gasteiger partial charge in [0.15, 0.2) is 0 Å². The van der Waals surface area contributed by atoms with Crippen LogP contribution in [0.4, 0.5) is 0 Å². The molecule has 5 N–H and O–H groups in total. The van der Waals surface area contributed by atoms with Gasteiger partial charge in [-0.1, -0.05) is 38.1 Å². The molecule has 4 rings (SSSR count). The van der Waals surface area contributed by atoms with Gasteiger partial charge in [0.05, 0.1) is 11.8 Å². The molecule has 1 amide bonds. The lowest BCUT2D eigenvalue weighted by Crippen LogP contribution is -2.39. The molecular weight excluding hydrogens is 476 g/mol. The number of allylic oxidation sites excluding steroid dienone is 4. The molecule has 3 aliphatic rings. The Morgan fingerprint density at radius 2 is 1.62 bits per heavy atom. The van der Waals surface area contributed by atoms with Crippen molar-refractivity contribution in [2.45, 2.75) is 51.7 Å². The summed E-state index contributed by atoms with van der Waals surface area (Å²) in [5.74, 6) is -3.26. The van der Waals surface area contributed by atoms with Gasteiger partial charge in [-0.05, 0) is 59.6 Å². The van der Waals surface area contributed by atoms with Gasteiger partial charge < -0.3 is 25.7 Å². The Morgan fingerprint density at radius 3 is 2.14 bits per heavy atom. The number of benzene rings is 1. The molecule has 9 heteroatoms. The van der Waals surface area contributed by atoms with E-state index in [1.807, 2.05) is 0 Å². The molecule has 2 atom stereocenters. The van der Waals surface area contributed by atoms with Crippen LogP contribution in [0.2, 0.25) is 0 Å². The first-order valence-electron chi connectivity index (χ1n) is 12.2. The van der Waals surface area contributed by atoms with E-state index >= 15 is 0 Å². The van der Waals surface area contributed by atoms with Crippen LogP contribution in [0.1, 0.15) is 36.1 Å². The molecule has 0 fully saturated rings. The molecule has 1 heterocycles. The summed E-state index contributed by atoms with van der Waals surface area (Å²) in [7, 11) is 0. The summed E-state index contributed by atoms with van der Waals surface area (Å²) >= 11 is 0. The summed E-state index contributed by atoms with van der Waals surface area (Å²) in [6, 6.07) is 5.02. The lowest BCUT2D eigenvalue weighted by atomic mass is 9.83. The van der Waals surface area contributed by atoms with Crippen molar-refractivity contribution in [2.75, 3.05) is 6.54 Å². The maximum absolute atomic E-state index is 11.5. The van der Waals surface area contributed by atoms with Crippen LogP contribution in [0.5, 0.6) is 0 Å². The first-order chi connectivity index (χ1) is 17.6. The summed E-state index contributed by atoms with van der Waals surface area (Å²) in [4.78, 5) is 34.6. The number of amides is 1. The van der Waals surface area contributed by atoms with Crippen LogP contribution >= 0.6 is 0 Å². The summed E-state index contributed by atoms with van der Waals surface area (Å²) in [5.41, 5.74) is 6.78. The van der Waals surface area contributed by atoms with E-state index in [9.17, 15) is 24.6 Å². The fraction of sp³-hybridized carbons (Fsp3) is 0.357. The molecule has 2 aliphatic carbocycles. The van der Waals surface area contributed by atoms with E-state index in [2.05, 4.69) is 36.3 Å². The third-order valence-electron chi connectivity index (χ3n) is 6.58. The lowest BCUT2D eigenvalue weighted by Gasteiger charge is -2.28. The molecule has 196 valence electrons. The molecule has 1 aromatic carbocycles. The standard InChI is InChI=1S/C24H28N2O3.C4H4O4/c1-3-14-9-16-11-18(12-17(16)10-15(14)4-2)25-13-22(28)19-5-7-21(27)24-20(19)6-8-23(29)26-24;5-3(6)1-2-4(7)8/h5-10,18,20,22,25,27-28H,3-4,11-13H2,1-2H3;1-2H,(H,5,6)(H,7,8). The first-order valence-corrected chi connectivity index (χ1v) is 12.2. The fourth-order valence-corrected chi connectivity index (χ4v) is 4.78. The number of aliphatic imine (C=N–C) groups is 1. The highest BCUT2D eigenvalue weighted by molar-refractivity contribution is 6.13. The van der Waals surface area contributed by atoms with E-state index in [4.69, 9.17) is 10.2 Å². The number of carboxylic acids is 2. The van der Waals surface area contributed by atoms with Gasteiger partial charge in [-0.25, -0.2) is 14.6 Å². The molecule has 0 saturated heterocycles. The number of aliphatic carboxylic acids is 2. The highest BCUT2D eigenvalue weighted by Crippen LogP contribution is 2.29. The highest BCUT2D eigenvalue weighted by atomic mass is 16.4. The third-order valence-corrected chi connectivity index (χ3v) is 6.58. The topological polar surface area (TPSA) is 157 Å². The summed E-state index contributed by atoms with van der Waals surface area (Å²) < 4.78 is 0. The summed E-state index contributed by atoms with van der Waals surface area (Å²) in [6.45, 7) is 4.83. The number of aliphatic hydroxyl groups excluding tert-OH is 2. The van der Waals surface area contributed by atoms with Gasteiger partial charge in [-0.3, -0.25) is 4.79 Å². The molecule has 0 radical (unpaired) electrons. The number of carbonyl (C=O) groups excluding carboxylic acids is 1. The van der Waals surface area contributed by atoms with Gasteiger partial charge in [0.2, 0.25) is 0 Å². The van der Waals surface area contributed by atoms with Gasteiger partial charge in [-0.15, -0.1) is 0 Å². The molecule has 0 aromatic heterocycles. The number of nitrogens with zero attached hydrogens (tertiary/aromatic N) is 1. The molecular formula is C28H32N2O7. The Bertz CT molecular complexity index is 1170. The summed E-state index contributed by atoms with van der Waals surface area (Å²) in [6.07, 6.45) is 10.8. The van der Waals surface area contributed by atoms with E-state index < -0.39 is 18.0 Å². The Morgan fingerprint density at radius 1 is 1.05 bits per heavy atom. The largest absolute Gasteiger partial charge is 0.506 e. The van der Waals surface area contributed by atoms with Crippen molar-refractivity contribution in [1.29, 1.82) is 0 Å². The van der Waals surface area contributed by atoms with Crippen LogP contribution in [-0.2, 0) is 40.1 Å². The number of carbonyl (C=O) groups is 3. The maximum atomic E-state index is 11.5. The number of carboxylic acid groups (broad SMARTS) is 2. The van der Waals surface area contributed by atoms with Crippen molar-refractivity contribution in [3.8, 4) is 0 Å². The minimum absolute atomic E-state index is 0.0127. The predicted octanol–water partition coefficient (Wildman–Crippen LogP) is 2.48. The zero-order valence-corrected chi connectivity index (χ0v) is 20.8. The molecule has 2 unspecified atom stereocenters. The molecule has 1 aliphatic heterocycles. The molecule has 9 nitrogen and oxygen atoms in total. The smallest absolute Gasteiger partial charge is 0.328 e. The van der Waals surface area contributed by atoms with Crippen molar-refractivity contribution in [3.63, 3.8) is 0 Å². The second-order valence-corrected chi connectivity index (χ2v) is 9.03. The predicted molar refractivity (Wildman–Crippen MR) is 139 cm³/mol. The monoisotopic (exact) mass is 508 g/mol. The molecule has 0 spiro atoms. The van der Waals surface area contributed by atoms with E-state index in [-0.39, 0.29) is 17.6 Å². The highest BCUT2D eigenvalue weighted by Gasteiger charge is 2.32. The van der Waals surface area contributed by atoms with Crippen molar-refractivity contribution in [3.05, 3.63) is 82.2 Å². The zero-order chi connectivity index (χ0) is 27.1. The van der Waals surface area contributed by atoms with Crippen LogP contribution in [-0.4, -0.2) is 62.7 Å². The second kappa shape index (κ2) is 12.4. The Balaban J connectivity index is 0.000000414. The Kier molecular flexibility index (Phi) is 9.32. The van der Waals surface area contributed by atoms with Gasteiger partial charge in [-0.2, -0.15) is 0 Å². The van der Waals surface area contributed by atoms with Crippen LogP contribution in [0.25, 0.3) is 0 Å². The second-order valence-electron chi connectivity index (χ2n) is 9.03. The first kappa shape index (κ1) is 27.8. The van der Waals surface area contributed by atoms with Crippen LogP contribution < -0.4 is 5.32 Å². The number of aryl methyl sites for hydroxylation is 2. The lowest BCUT2D eigenvalue weighted by molar-refractivity contribution is -0.134.